The van der Waals surface area contributed by atoms with Crippen LogP contribution in [0.5, 0.6) is 0 Å². The first-order chi connectivity index (χ1) is 5.24. The van der Waals surface area contributed by atoms with Crippen LogP contribution in [0.2, 0.25) is 0 Å². The normalized spacial score (nSPS) is 12.9. The lowest BCUT2D eigenvalue weighted by Crippen LogP contribution is -2.15. The minimum Gasteiger partial charge on any atom is -0.272 e. The Balaban J connectivity index is 4.15. The molecule has 0 aromatic carbocycles. The van der Waals surface area contributed by atoms with Crippen molar-refractivity contribution in [2.45, 2.75) is 13.0 Å². The number of terminal acetylenes is 1. The van der Waals surface area contributed by atoms with Crippen molar-refractivity contribution in [1.29, 1.82) is 5.26 Å². The van der Waals surface area contributed by atoms with E-state index in [2.05, 4.69) is 16.2 Å². The molecule has 0 aliphatic heterocycles. The van der Waals surface area contributed by atoms with Crippen LogP contribution < -0.4 is 5.32 Å². The molecule has 3 nitrogen and oxygen atoms in total. The molecule has 0 aromatic rings. The second-order valence-corrected chi connectivity index (χ2v) is 2.51. The lowest BCUT2D eigenvalue weighted by molar-refractivity contribution is 0.955. The summed E-state index contributed by atoms with van der Waals surface area (Å²) in [6.07, 6.45) is 8.70. The van der Waals surface area contributed by atoms with Gasteiger partial charge in [-0.25, -0.2) is 4.99 Å². The molecule has 1 unspecified atom stereocenters. The largest absolute Gasteiger partial charge is 0.272 e. The Bertz CT molecular complexity index is 221. The fourth-order valence-electron chi connectivity index (χ4n) is 0.397. The van der Waals surface area contributed by atoms with E-state index < -0.39 is 0 Å². The summed E-state index contributed by atoms with van der Waals surface area (Å²) < 4.78 is 0. The molecule has 0 heterocycles. The molecule has 0 radical (unpaired) electrons. The highest BCUT2D eigenvalue weighted by molar-refractivity contribution is 8.13. The van der Waals surface area contributed by atoms with Crippen LogP contribution in [0.25, 0.3) is 0 Å². The molecule has 0 aliphatic rings. The van der Waals surface area contributed by atoms with Gasteiger partial charge in [-0.1, -0.05) is 17.7 Å². The molecule has 0 aliphatic carbocycles. The molecule has 1 atom stereocenters. The number of amidine groups is 1. The monoisotopic (exact) mass is 167 g/mol. The molecule has 0 fully saturated rings. The van der Waals surface area contributed by atoms with Crippen LogP contribution >= 0.6 is 11.8 Å². The first-order valence-corrected chi connectivity index (χ1v) is 4.20. The van der Waals surface area contributed by atoms with Crippen molar-refractivity contribution in [3.8, 4) is 18.5 Å². The average molecular weight is 167 g/mol. The second-order valence-electron chi connectivity index (χ2n) is 1.72. The Morgan fingerprint density at radius 1 is 1.82 bits per heavy atom. The van der Waals surface area contributed by atoms with Crippen LogP contribution in [0.4, 0.5) is 0 Å². The average Bonchev–Trinajstić information content (AvgIpc) is 2.03. The maximum Gasteiger partial charge on any atom is 0.183 e. The summed E-state index contributed by atoms with van der Waals surface area (Å²) in [5.74, 6) is 2.44. The van der Waals surface area contributed by atoms with Gasteiger partial charge in [0.1, 0.15) is 6.04 Å². The number of thioether (sulfide) groups is 1. The number of nitrogens with zero attached hydrogens (tertiary/aromatic N) is 2. The Kier molecular flexibility index (Phi) is 5.06. The van der Waals surface area contributed by atoms with Crippen molar-refractivity contribution in [2.75, 3.05) is 6.26 Å². The van der Waals surface area contributed by atoms with Gasteiger partial charge in [0.2, 0.25) is 0 Å². The topological polar surface area (TPSA) is 48.2 Å². The predicted molar refractivity (Wildman–Crippen MR) is 48.0 cm³/mol. The van der Waals surface area contributed by atoms with Gasteiger partial charge < -0.3 is 0 Å². The van der Waals surface area contributed by atoms with Crippen molar-refractivity contribution >= 4 is 16.9 Å². The third kappa shape index (κ3) is 4.30. The standard InChI is InChI=1S/C7H9N3S/c1-4-6(2)10-7(11-3)9-5-8/h1,6H,2-3H3,(H,9,10). The van der Waals surface area contributed by atoms with E-state index in [0.29, 0.717) is 5.17 Å². The van der Waals surface area contributed by atoms with E-state index in [9.17, 15) is 0 Å². The summed E-state index contributed by atoms with van der Waals surface area (Å²) in [6.45, 7) is 1.79. The molecule has 11 heavy (non-hydrogen) atoms. The van der Waals surface area contributed by atoms with Gasteiger partial charge in [0.05, 0.1) is 0 Å². The van der Waals surface area contributed by atoms with Crippen molar-refractivity contribution in [3.05, 3.63) is 0 Å². The number of nitrogens with one attached hydrogen (secondary N) is 1. The molecule has 1 N–H and O–H groups in total. The van der Waals surface area contributed by atoms with E-state index in [4.69, 9.17) is 11.7 Å². The zero-order chi connectivity index (χ0) is 8.69. The molecule has 0 spiro atoms. The van der Waals surface area contributed by atoms with Gasteiger partial charge in [-0.15, -0.1) is 6.42 Å². The number of hydrogen-bond acceptors (Lipinski definition) is 3. The Morgan fingerprint density at radius 2 is 2.45 bits per heavy atom. The van der Waals surface area contributed by atoms with Crippen LogP contribution in [0.1, 0.15) is 6.92 Å². The zero-order valence-electron chi connectivity index (χ0n) is 6.46. The van der Waals surface area contributed by atoms with Gasteiger partial charge in [-0.2, -0.15) is 5.26 Å². The fourth-order valence-corrected chi connectivity index (χ4v) is 0.808. The quantitative estimate of drug-likeness (QED) is 0.206. The lowest BCUT2D eigenvalue weighted by atomic mass is 10.4. The number of nitriles is 1. The highest BCUT2D eigenvalue weighted by Gasteiger charge is 1.96. The third-order valence-corrected chi connectivity index (χ3v) is 1.50. The lowest BCUT2D eigenvalue weighted by Gasteiger charge is -2.00. The SMILES string of the molecule is C#CC(C)/N=C(/NC#N)SC. The molecule has 0 saturated heterocycles. The summed E-state index contributed by atoms with van der Waals surface area (Å²) in [5.41, 5.74) is 0. The van der Waals surface area contributed by atoms with Crippen molar-refractivity contribution in [2.24, 2.45) is 4.99 Å². The first kappa shape index (κ1) is 9.87. The van der Waals surface area contributed by atoms with E-state index in [1.54, 1.807) is 13.1 Å². The van der Waals surface area contributed by atoms with Crippen molar-refractivity contribution < 1.29 is 0 Å². The maximum absolute atomic E-state index is 8.25. The van der Waals surface area contributed by atoms with E-state index in [1.165, 1.54) is 11.8 Å². The highest BCUT2D eigenvalue weighted by Crippen LogP contribution is 1.97. The minimum atomic E-state index is -0.182. The van der Waals surface area contributed by atoms with E-state index in [0.717, 1.165) is 0 Å². The van der Waals surface area contributed by atoms with Crippen LogP contribution in [-0.2, 0) is 0 Å². The third-order valence-electron chi connectivity index (χ3n) is 0.908. The molecule has 58 valence electrons. The molecule has 4 heteroatoms. The number of rotatable bonds is 1. The van der Waals surface area contributed by atoms with Gasteiger partial charge in [-0.3, -0.25) is 5.32 Å². The smallest absolute Gasteiger partial charge is 0.183 e. The van der Waals surface area contributed by atoms with Gasteiger partial charge in [-0.05, 0) is 13.2 Å². The van der Waals surface area contributed by atoms with Crippen LogP contribution in [0.15, 0.2) is 4.99 Å². The summed E-state index contributed by atoms with van der Waals surface area (Å²) in [4.78, 5) is 4.01. The number of hydrogen-bond donors (Lipinski definition) is 1. The van der Waals surface area contributed by atoms with E-state index >= 15 is 0 Å². The van der Waals surface area contributed by atoms with Gasteiger partial charge in [0.25, 0.3) is 0 Å². The van der Waals surface area contributed by atoms with Gasteiger partial charge >= 0.3 is 0 Å². The van der Waals surface area contributed by atoms with Crippen molar-refractivity contribution in [3.63, 3.8) is 0 Å². The van der Waals surface area contributed by atoms with Gasteiger partial charge in [0.15, 0.2) is 11.4 Å². The maximum atomic E-state index is 8.25. The summed E-state index contributed by atoms with van der Waals surface area (Å²) in [5, 5.41) is 11.2. The fraction of sp³-hybridized carbons (Fsp3) is 0.429. The minimum absolute atomic E-state index is 0.182. The van der Waals surface area contributed by atoms with Crippen LogP contribution in [0, 0.1) is 23.8 Å². The Labute approximate surface area is 70.9 Å². The highest BCUT2D eigenvalue weighted by atomic mass is 32.2. The summed E-state index contributed by atoms with van der Waals surface area (Å²) >= 11 is 1.36. The summed E-state index contributed by atoms with van der Waals surface area (Å²) in [6, 6.07) is -0.182. The zero-order valence-corrected chi connectivity index (χ0v) is 7.27. The number of aliphatic imine (C=N–C) groups is 1. The van der Waals surface area contributed by atoms with Crippen LogP contribution in [0.3, 0.4) is 0 Å². The molecular weight excluding hydrogens is 158 g/mol. The molecule has 0 rings (SSSR count). The van der Waals surface area contributed by atoms with Crippen LogP contribution in [-0.4, -0.2) is 17.5 Å². The summed E-state index contributed by atoms with van der Waals surface area (Å²) in [7, 11) is 0. The predicted octanol–water partition coefficient (Wildman–Crippen LogP) is 0.798. The van der Waals surface area contributed by atoms with Gasteiger partial charge in [0, 0.05) is 0 Å². The van der Waals surface area contributed by atoms with E-state index in [1.807, 2.05) is 6.26 Å². The Morgan fingerprint density at radius 3 is 2.82 bits per heavy atom. The molecule has 0 amide bonds. The molecule has 0 bridgehead atoms. The second kappa shape index (κ2) is 5.64. The Hall–Kier alpha value is -1.13. The van der Waals surface area contributed by atoms with Crippen molar-refractivity contribution in [1.82, 2.24) is 5.32 Å². The first-order valence-electron chi connectivity index (χ1n) is 2.97. The molecule has 0 saturated carbocycles. The molecular formula is C7H9N3S. The van der Waals surface area contributed by atoms with E-state index in [-0.39, 0.29) is 6.04 Å². The molecule has 0 aromatic heterocycles.